The Kier molecular flexibility index (Phi) is 4.21. The van der Waals surface area contributed by atoms with E-state index in [0.717, 1.165) is 23.3 Å². The third kappa shape index (κ3) is 3.79. The standard InChI is InChI=1S/C16H18N2O4S/c1-23(20,21)10-8-15(19)18-9-7-14-13(11-18)17-16(22-14)12-5-3-2-4-6-12/h2-6H,7-11H2,1H3. The van der Waals surface area contributed by atoms with E-state index in [4.69, 9.17) is 4.42 Å². The molecule has 0 radical (unpaired) electrons. The molecule has 3 rings (SSSR count). The van der Waals surface area contributed by atoms with Gasteiger partial charge in [0.15, 0.2) is 0 Å². The van der Waals surface area contributed by atoms with Crippen molar-refractivity contribution in [3.63, 3.8) is 0 Å². The van der Waals surface area contributed by atoms with Crippen LogP contribution in [0.5, 0.6) is 0 Å². The zero-order valence-electron chi connectivity index (χ0n) is 12.9. The van der Waals surface area contributed by atoms with Gasteiger partial charge >= 0.3 is 0 Å². The average molecular weight is 334 g/mol. The van der Waals surface area contributed by atoms with Crippen LogP contribution < -0.4 is 0 Å². The highest BCUT2D eigenvalue weighted by atomic mass is 32.2. The van der Waals surface area contributed by atoms with E-state index >= 15 is 0 Å². The number of nitrogens with zero attached hydrogens (tertiary/aromatic N) is 2. The van der Waals surface area contributed by atoms with Gasteiger partial charge in [-0.05, 0) is 12.1 Å². The SMILES string of the molecule is CS(=O)(=O)CCC(=O)N1CCc2oc(-c3ccccc3)nc2C1. The molecule has 1 aliphatic heterocycles. The maximum atomic E-state index is 12.1. The summed E-state index contributed by atoms with van der Waals surface area (Å²) in [4.78, 5) is 18.3. The summed E-state index contributed by atoms with van der Waals surface area (Å²) in [6, 6.07) is 9.60. The van der Waals surface area contributed by atoms with Crippen LogP contribution in [0, 0.1) is 0 Å². The lowest BCUT2D eigenvalue weighted by Gasteiger charge is -2.25. The van der Waals surface area contributed by atoms with Crippen LogP contribution in [0.3, 0.4) is 0 Å². The first-order valence-corrected chi connectivity index (χ1v) is 9.48. The minimum atomic E-state index is -3.13. The Morgan fingerprint density at radius 2 is 2.04 bits per heavy atom. The van der Waals surface area contributed by atoms with Crippen molar-refractivity contribution in [1.82, 2.24) is 9.88 Å². The Hall–Kier alpha value is -2.15. The molecule has 7 heteroatoms. The number of hydrogen-bond acceptors (Lipinski definition) is 5. The molecule has 0 fully saturated rings. The lowest BCUT2D eigenvalue weighted by molar-refractivity contribution is -0.131. The highest BCUT2D eigenvalue weighted by molar-refractivity contribution is 7.90. The molecule has 0 unspecified atom stereocenters. The largest absolute Gasteiger partial charge is 0.441 e. The Bertz CT molecular complexity index is 812. The van der Waals surface area contributed by atoms with Gasteiger partial charge in [-0.1, -0.05) is 18.2 Å². The molecule has 0 aliphatic carbocycles. The number of carbonyl (C=O) groups excluding carboxylic acids is 1. The second-order valence-electron chi connectivity index (χ2n) is 5.70. The van der Waals surface area contributed by atoms with Crippen molar-refractivity contribution in [3.05, 3.63) is 41.8 Å². The van der Waals surface area contributed by atoms with Crippen molar-refractivity contribution >= 4 is 15.7 Å². The summed E-state index contributed by atoms with van der Waals surface area (Å²) in [7, 11) is -3.13. The molecule has 0 bridgehead atoms. The smallest absolute Gasteiger partial charge is 0.226 e. The van der Waals surface area contributed by atoms with Crippen LogP contribution in [0.25, 0.3) is 11.5 Å². The first kappa shape index (κ1) is 15.7. The number of rotatable bonds is 4. The first-order valence-electron chi connectivity index (χ1n) is 7.42. The first-order chi connectivity index (χ1) is 10.9. The van der Waals surface area contributed by atoms with Crippen molar-refractivity contribution in [1.29, 1.82) is 0 Å². The van der Waals surface area contributed by atoms with Gasteiger partial charge in [-0.2, -0.15) is 0 Å². The van der Waals surface area contributed by atoms with E-state index in [1.165, 1.54) is 0 Å². The summed E-state index contributed by atoms with van der Waals surface area (Å²) in [5.74, 6) is 1.07. The van der Waals surface area contributed by atoms with E-state index in [1.54, 1.807) is 4.90 Å². The van der Waals surface area contributed by atoms with Crippen molar-refractivity contribution in [3.8, 4) is 11.5 Å². The third-order valence-electron chi connectivity index (χ3n) is 3.79. The Balaban J connectivity index is 1.71. The lowest BCUT2D eigenvalue weighted by Crippen LogP contribution is -2.36. The molecule has 1 aliphatic rings. The normalized spacial score (nSPS) is 14.6. The predicted molar refractivity (Wildman–Crippen MR) is 85.4 cm³/mol. The minimum absolute atomic E-state index is 0.0115. The molecule has 1 aromatic heterocycles. The number of hydrogen-bond donors (Lipinski definition) is 0. The predicted octanol–water partition coefficient (Wildman–Crippen LogP) is 1.66. The van der Waals surface area contributed by atoms with Gasteiger partial charge in [0.2, 0.25) is 11.8 Å². The van der Waals surface area contributed by atoms with Crippen molar-refractivity contribution in [2.45, 2.75) is 19.4 Å². The van der Waals surface area contributed by atoms with Gasteiger partial charge in [0.1, 0.15) is 21.3 Å². The molecular formula is C16H18N2O4S. The number of benzene rings is 1. The second-order valence-corrected chi connectivity index (χ2v) is 7.96. The fourth-order valence-corrected chi connectivity index (χ4v) is 3.09. The zero-order chi connectivity index (χ0) is 16.4. The summed E-state index contributed by atoms with van der Waals surface area (Å²) in [5, 5.41) is 0. The highest BCUT2D eigenvalue weighted by Crippen LogP contribution is 2.26. The van der Waals surface area contributed by atoms with Crippen LogP contribution in [0.2, 0.25) is 0 Å². The Morgan fingerprint density at radius 3 is 2.74 bits per heavy atom. The van der Waals surface area contributed by atoms with Crippen molar-refractivity contribution < 1.29 is 17.6 Å². The van der Waals surface area contributed by atoms with E-state index in [-0.39, 0.29) is 18.1 Å². The van der Waals surface area contributed by atoms with Crippen LogP contribution in [0.1, 0.15) is 17.9 Å². The summed E-state index contributed by atoms with van der Waals surface area (Å²) >= 11 is 0. The number of amides is 1. The van der Waals surface area contributed by atoms with Gasteiger partial charge in [0.25, 0.3) is 0 Å². The topological polar surface area (TPSA) is 80.5 Å². The van der Waals surface area contributed by atoms with E-state index in [2.05, 4.69) is 4.98 Å². The number of oxazole rings is 1. The highest BCUT2D eigenvalue weighted by Gasteiger charge is 2.26. The summed E-state index contributed by atoms with van der Waals surface area (Å²) in [6.07, 6.45) is 1.75. The Labute approximate surface area is 135 Å². The molecule has 122 valence electrons. The fourth-order valence-electron chi connectivity index (χ4n) is 2.55. The molecule has 23 heavy (non-hydrogen) atoms. The molecule has 2 heterocycles. The van der Waals surface area contributed by atoms with Crippen LogP contribution in [0.4, 0.5) is 0 Å². The molecule has 0 saturated carbocycles. The fraction of sp³-hybridized carbons (Fsp3) is 0.375. The van der Waals surface area contributed by atoms with Gasteiger partial charge in [0.05, 0.1) is 12.3 Å². The van der Waals surface area contributed by atoms with Gasteiger partial charge < -0.3 is 9.32 Å². The maximum absolute atomic E-state index is 12.1. The number of carbonyl (C=O) groups is 1. The molecule has 2 aromatic rings. The van der Waals surface area contributed by atoms with Gasteiger partial charge in [0, 0.05) is 31.2 Å². The number of aromatic nitrogens is 1. The molecular weight excluding hydrogens is 316 g/mol. The third-order valence-corrected chi connectivity index (χ3v) is 4.73. The number of sulfone groups is 1. The molecule has 0 spiro atoms. The number of fused-ring (bicyclic) bond motifs is 1. The van der Waals surface area contributed by atoms with Crippen LogP contribution in [-0.4, -0.2) is 42.8 Å². The quantitative estimate of drug-likeness (QED) is 0.849. The van der Waals surface area contributed by atoms with Crippen LogP contribution >= 0.6 is 0 Å². The molecule has 0 atom stereocenters. The summed E-state index contributed by atoms with van der Waals surface area (Å²) < 4.78 is 28.1. The maximum Gasteiger partial charge on any atom is 0.226 e. The van der Waals surface area contributed by atoms with Gasteiger partial charge in [-0.25, -0.2) is 13.4 Å². The molecule has 1 amide bonds. The lowest BCUT2D eigenvalue weighted by atomic mass is 10.1. The van der Waals surface area contributed by atoms with E-state index in [1.807, 2.05) is 30.3 Å². The Morgan fingerprint density at radius 1 is 1.30 bits per heavy atom. The zero-order valence-corrected chi connectivity index (χ0v) is 13.7. The molecule has 0 saturated heterocycles. The molecule has 1 aromatic carbocycles. The molecule has 0 N–H and O–H groups in total. The van der Waals surface area contributed by atoms with Crippen LogP contribution in [0.15, 0.2) is 34.7 Å². The van der Waals surface area contributed by atoms with E-state index < -0.39 is 9.84 Å². The average Bonchev–Trinajstić information content (AvgIpc) is 2.96. The summed E-state index contributed by atoms with van der Waals surface area (Å²) in [6.45, 7) is 0.896. The van der Waals surface area contributed by atoms with E-state index in [0.29, 0.717) is 25.4 Å². The van der Waals surface area contributed by atoms with Gasteiger partial charge in [-0.3, -0.25) is 4.79 Å². The van der Waals surface area contributed by atoms with Gasteiger partial charge in [-0.15, -0.1) is 0 Å². The summed E-state index contributed by atoms with van der Waals surface area (Å²) in [5.41, 5.74) is 1.65. The van der Waals surface area contributed by atoms with Crippen LogP contribution in [-0.2, 0) is 27.6 Å². The van der Waals surface area contributed by atoms with Crippen molar-refractivity contribution in [2.24, 2.45) is 0 Å². The second kappa shape index (κ2) is 6.16. The molecule has 6 nitrogen and oxygen atoms in total. The van der Waals surface area contributed by atoms with E-state index in [9.17, 15) is 13.2 Å². The monoisotopic (exact) mass is 334 g/mol. The minimum Gasteiger partial charge on any atom is -0.441 e. The van der Waals surface area contributed by atoms with Crippen molar-refractivity contribution in [2.75, 3.05) is 18.6 Å².